The Morgan fingerprint density at radius 1 is 1.35 bits per heavy atom. The molecule has 0 aromatic carbocycles. The average Bonchev–Trinajstić information content (AvgIpc) is 3.23. The molecule has 3 aromatic rings. The summed E-state index contributed by atoms with van der Waals surface area (Å²) in [5, 5.41) is 13.9. The third-order valence-electron chi connectivity index (χ3n) is 3.52. The van der Waals surface area contributed by atoms with Crippen LogP contribution in [0.25, 0.3) is 11.5 Å². The molecule has 0 unspecified atom stereocenters. The number of hydrogen-bond acceptors (Lipinski definition) is 6. The van der Waals surface area contributed by atoms with Gasteiger partial charge in [0.15, 0.2) is 17.1 Å². The lowest BCUT2D eigenvalue weighted by Gasteiger charge is -2.14. The molecule has 3 aromatic heterocycles. The fourth-order valence-corrected chi connectivity index (χ4v) is 2.15. The highest BCUT2D eigenvalue weighted by Crippen LogP contribution is 2.28. The van der Waals surface area contributed by atoms with E-state index >= 15 is 0 Å². The lowest BCUT2D eigenvalue weighted by atomic mass is 10.1. The van der Waals surface area contributed by atoms with Gasteiger partial charge in [-0.2, -0.15) is 13.2 Å². The maximum atomic E-state index is 12.5. The molecule has 0 aliphatic rings. The van der Waals surface area contributed by atoms with Crippen molar-refractivity contribution in [3.63, 3.8) is 0 Å². The number of hydrogen-bond donors (Lipinski definition) is 1. The van der Waals surface area contributed by atoms with Crippen LogP contribution in [0.4, 0.5) is 13.2 Å². The molecule has 0 saturated carbocycles. The van der Waals surface area contributed by atoms with Gasteiger partial charge in [0.1, 0.15) is 5.69 Å². The Balaban J connectivity index is 1.69. The number of rotatable bonds is 4. The zero-order valence-corrected chi connectivity index (χ0v) is 13.7. The van der Waals surface area contributed by atoms with E-state index in [0.29, 0.717) is 11.3 Å². The molecule has 0 bridgehead atoms. The first-order valence-electron chi connectivity index (χ1n) is 7.41. The quantitative estimate of drug-likeness (QED) is 0.761. The van der Waals surface area contributed by atoms with Crippen LogP contribution in [0.3, 0.4) is 0 Å². The van der Waals surface area contributed by atoms with Crippen LogP contribution in [0.1, 0.15) is 34.7 Å². The molecule has 0 radical (unpaired) electrons. The second-order valence-electron chi connectivity index (χ2n) is 5.52. The summed E-state index contributed by atoms with van der Waals surface area (Å²) in [7, 11) is 1.68. The summed E-state index contributed by atoms with van der Waals surface area (Å²) in [4.78, 5) is 15.6. The highest BCUT2D eigenvalue weighted by atomic mass is 19.4. The van der Waals surface area contributed by atoms with E-state index in [1.807, 2.05) is 0 Å². The molecule has 0 aliphatic carbocycles. The lowest BCUT2D eigenvalue weighted by Crippen LogP contribution is -2.27. The number of nitrogens with one attached hydrogen (secondary N) is 1. The third kappa shape index (κ3) is 3.71. The first-order valence-corrected chi connectivity index (χ1v) is 7.41. The van der Waals surface area contributed by atoms with Crippen molar-refractivity contribution in [1.29, 1.82) is 0 Å². The molecule has 136 valence electrons. The zero-order chi connectivity index (χ0) is 18.9. The monoisotopic (exact) mass is 366 g/mol. The zero-order valence-electron chi connectivity index (χ0n) is 13.7. The van der Waals surface area contributed by atoms with Gasteiger partial charge in [0, 0.05) is 19.3 Å². The molecule has 1 atom stereocenters. The fraction of sp³-hybridized carbons (Fsp3) is 0.267. The van der Waals surface area contributed by atoms with Crippen molar-refractivity contribution in [2.75, 3.05) is 0 Å². The Bertz CT molecular complexity index is 916. The first kappa shape index (κ1) is 17.6. The van der Waals surface area contributed by atoms with Gasteiger partial charge >= 0.3 is 6.18 Å². The van der Waals surface area contributed by atoms with E-state index < -0.39 is 23.8 Å². The summed E-state index contributed by atoms with van der Waals surface area (Å²) in [5.41, 5.74) is -0.148. The van der Waals surface area contributed by atoms with Crippen molar-refractivity contribution in [2.24, 2.45) is 7.05 Å². The van der Waals surface area contributed by atoms with Gasteiger partial charge in [0.05, 0.1) is 12.2 Å². The molecule has 8 nitrogen and oxygen atoms in total. The van der Waals surface area contributed by atoms with Gasteiger partial charge in [-0.25, -0.2) is 0 Å². The van der Waals surface area contributed by atoms with Gasteiger partial charge in [-0.15, -0.1) is 5.10 Å². The van der Waals surface area contributed by atoms with Crippen molar-refractivity contribution < 1.29 is 22.5 Å². The minimum Gasteiger partial charge on any atom is -0.354 e. The van der Waals surface area contributed by atoms with Crippen LogP contribution in [0.2, 0.25) is 0 Å². The second-order valence-corrected chi connectivity index (χ2v) is 5.52. The summed E-state index contributed by atoms with van der Waals surface area (Å²) in [6.45, 7) is 1.62. The van der Waals surface area contributed by atoms with Crippen molar-refractivity contribution in [1.82, 2.24) is 30.5 Å². The Labute approximate surface area is 145 Å². The minimum absolute atomic E-state index is 0.0115. The number of amides is 1. The predicted molar refractivity (Wildman–Crippen MR) is 81.6 cm³/mol. The van der Waals surface area contributed by atoms with Crippen LogP contribution in [-0.2, 0) is 13.2 Å². The number of halogens is 3. The van der Waals surface area contributed by atoms with Crippen LogP contribution < -0.4 is 5.32 Å². The van der Waals surface area contributed by atoms with E-state index in [-0.39, 0.29) is 11.5 Å². The topological polar surface area (TPSA) is 98.7 Å². The van der Waals surface area contributed by atoms with Gasteiger partial charge in [-0.3, -0.25) is 14.5 Å². The van der Waals surface area contributed by atoms with Crippen LogP contribution in [0.5, 0.6) is 0 Å². The highest BCUT2D eigenvalue weighted by Gasteiger charge is 2.32. The summed E-state index contributed by atoms with van der Waals surface area (Å²) in [6, 6.07) is 2.94. The molecular formula is C15H13F3N6O2. The molecule has 0 spiro atoms. The van der Waals surface area contributed by atoms with Crippen molar-refractivity contribution in [3.05, 3.63) is 47.5 Å². The Hall–Kier alpha value is -3.24. The molecule has 0 aliphatic heterocycles. The first-order chi connectivity index (χ1) is 12.2. The van der Waals surface area contributed by atoms with E-state index in [1.165, 1.54) is 16.8 Å². The molecule has 3 rings (SSSR count). The number of carbonyl (C=O) groups excluding carboxylic acids is 1. The Morgan fingerprint density at radius 2 is 2.12 bits per heavy atom. The number of nitrogens with zero attached hydrogens (tertiary/aromatic N) is 5. The third-order valence-corrected chi connectivity index (χ3v) is 3.52. The summed E-state index contributed by atoms with van der Waals surface area (Å²) >= 11 is 0. The number of carbonyl (C=O) groups is 1. The predicted octanol–water partition coefficient (Wildman–Crippen LogP) is 2.37. The summed E-state index contributed by atoms with van der Waals surface area (Å²) in [6.07, 6.45) is -1.84. The molecule has 0 saturated heterocycles. The second kappa shape index (κ2) is 6.58. The van der Waals surface area contributed by atoms with Crippen LogP contribution >= 0.6 is 0 Å². The van der Waals surface area contributed by atoms with Crippen LogP contribution in [-0.4, -0.2) is 31.0 Å². The van der Waals surface area contributed by atoms with Crippen molar-refractivity contribution >= 4 is 5.91 Å². The van der Waals surface area contributed by atoms with Gasteiger partial charge < -0.3 is 9.84 Å². The number of aryl methyl sites for hydroxylation is 1. The maximum Gasteiger partial charge on any atom is 0.433 e. The Morgan fingerprint density at radius 3 is 2.69 bits per heavy atom. The molecule has 11 heteroatoms. The van der Waals surface area contributed by atoms with Crippen LogP contribution in [0.15, 0.2) is 35.1 Å². The molecule has 26 heavy (non-hydrogen) atoms. The van der Waals surface area contributed by atoms with Crippen LogP contribution in [0, 0.1) is 0 Å². The summed E-state index contributed by atoms with van der Waals surface area (Å²) < 4.78 is 44.1. The van der Waals surface area contributed by atoms with E-state index in [9.17, 15) is 18.0 Å². The number of pyridine rings is 1. The van der Waals surface area contributed by atoms with Crippen molar-refractivity contribution in [3.8, 4) is 11.5 Å². The lowest BCUT2D eigenvalue weighted by molar-refractivity contribution is -0.141. The van der Waals surface area contributed by atoms with E-state index in [2.05, 4.69) is 25.8 Å². The van der Waals surface area contributed by atoms with Gasteiger partial charge in [-0.1, -0.05) is 16.4 Å². The molecular weight excluding hydrogens is 353 g/mol. The minimum atomic E-state index is -4.51. The largest absolute Gasteiger partial charge is 0.433 e. The average molecular weight is 366 g/mol. The van der Waals surface area contributed by atoms with E-state index in [0.717, 1.165) is 12.3 Å². The van der Waals surface area contributed by atoms with Crippen molar-refractivity contribution in [2.45, 2.75) is 19.1 Å². The van der Waals surface area contributed by atoms with Gasteiger partial charge in [0.25, 0.3) is 5.91 Å². The molecule has 1 amide bonds. The van der Waals surface area contributed by atoms with E-state index in [1.54, 1.807) is 20.2 Å². The molecule has 0 fully saturated rings. The fourth-order valence-electron chi connectivity index (χ4n) is 2.15. The number of alkyl halides is 3. The van der Waals surface area contributed by atoms with Gasteiger partial charge in [-0.05, 0) is 18.6 Å². The normalized spacial score (nSPS) is 12.8. The summed E-state index contributed by atoms with van der Waals surface area (Å²) in [5.74, 6) is -0.275. The standard InChI is InChI=1S/C15H13F3N6O2/c1-8(9-3-4-13(19-6-9)15(16,17)18)20-14(25)10-5-12(26-22-10)11-7-24(2)23-21-11/h3-8H,1-2H3,(H,20,25)/t8-/m1/s1. The smallest absolute Gasteiger partial charge is 0.354 e. The molecule has 1 N–H and O–H groups in total. The Kier molecular flexibility index (Phi) is 4.45. The maximum absolute atomic E-state index is 12.5. The molecule has 3 heterocycles. The highest BCUT2D eigenvalue weighted by molar-refractivity contribution is 5.93. The van der Waals surface area contributed by atoms with E-state index in [4.69, 9.17) is 4.52 Å². The SMILES string of the molecule is C[C@@H](NC(=O)c1cc(-c2cn(C)nn2)on1)c1ccc(C(F)(F)F)nc1. The van der Waals surface area contributed by atoms with Gasteiger partial charge in [0.2, 0.25) is 0 Å². The number of aromatic nitrogens is 5.